The standard InChI is InChI=1S/C24H38N2O/c1-9-23(22-11-10-12-25-22)26(27)18(8)24-20(16(4)5)13-19(15(2)3)14-21(24)17(6)7/h10-18,23,25,27H,9H2,1-8H3/t18-,23?/m0/s1. The molecule has 1 heterocycles. The SMILES string of the molecule is CCC(c1ccc[nH]1)N(O)[C@@H](C)c1c(C(C)C)cc(C(C)C)cc1C(C)C. The smallest absolute Gasteiger partial charge is 0.0753 e. The number of nitrogens with one attached hydrogen (secondary N) is 1. The second-order valence-electron chi connectivity index (χ2n) is 8.68. The van der Waals surface area contributed by atoms with Crippen LogP contribution in [-0.2, 0) is 0 Å². The molecular formula is C24H38N2O. The molecule has 3 nitrogen and oxygen atoms in total. The zero-order valence-electron chi connectivity index (χ0n) is 18.4. The maximum absolute atomic E-state index is 11.2. The minimum absolute atomic E-state index is 0.0419. The Morgan fingerprint density at radius 3 is 1.85 bits per heavy atom. The molecule has 0 aliphatic heterocycles. The highest BCUT2D eigenvalue weighted by molar-refractivity contribution is 5.45. The van der Waals surface area contributed by atoms with E-state index in [4.69, 9.17) is 0 Å². The molecular weight excluding hydrogens is 332 g/mol. The predicted molar refractivity (Wildman–Crippen MR) is 115 cm³/mol. The lowest BCUT2D eigenvalue weighted by atomic mass is 9.81. The van der Waals surface area contributed by atoms with E-state index in [-0.39, 0.29) is 12.1 Å². The summed E-state index contributed by atoms with van der Waals surface area (Å²) in [6, 6.07) is 8.65. The second-order valence-corrected chi connectivity index (χ2v) is 8.68. The molecule has 0 bridgehead atoms. The fraction of sp³-hybridized carbons (Fsp3) is 0.583. The van der Waals surface area contributed by atoms with Crippen molar-refractivity contribution in [2.45, 2.75) is 91.6 Å². The summed E-state index contributed by atoms with van der Waals surface area (Å²) in [5.74, 6) is 1.33. The van der Waals surface area contributed by atoms with E-state index in [1.165, 1.54) is 22.3 Å². The van der Waals surface area contributed by atoms with Gasteiger partial charge in [0.05, 0.1) is 12.1 Å². The molecule has 3 heteroatoms. The molecule has 1 aromatic carbocycles. The first-order valence-corrected chi connectivity index (χ1v) is 10.5. The molecule has 0 aliphatic rings. The molecule has 2 N–H and O–H groups in total. The Labute approximate surface area is 165 Å². The van der Waals surface area contributed by atoms with Crippen LogP contribution in [-0.4, -0.2) is 15.3 Å². The van der Waals surface area contributed by atoms with Crippen molar-refractivity contribution in [3.8, 4) is 0 Å². The predicted octanol–water partition coefficient (Wildman–Crippen LogP) is 7.29. The summed E-state index contributed by atoms with van der Waals surface area (Å²) in [7, 11) is 0. The van der Waals surface area contributed by atoms with E-state index < -0.39 is 0 Å². The average molecular weight is 371 g/mol. The Bertz CT molecular complexity index is 687. The molecule has 0 aliphatic carbocycles. The van der Waals surface area contributed by atoms with Gasteiger partial charge in [0.1, 0.15) is 0 Å². The van der Waals surface area contributed by atoms with Gasteiger partial charge in [-0.1, -0.05) is 60.6 Å². The van der Waals surface area contributed by atoms with E-state index in [1.54, 1.807) is 5.06 Å². The number of hydroxylamine groups is 2. The summed E-state index contributed by atoms with van der Waals surface area (Å²) >= 11 is 0. The van der Waals surface area contributed by atoms with Crippen LogP contribution < -0.4 is 0 Å². The monoisotopic (exact) mass is 370 g/mol. The fourth-order valence-electron chi connectivity index (χ4n) is 4.00. The number of hydrogen-bond acceptors (Lipinski definition) is 2. The average Bonchev–Trinajstić information content (AvgIpc) is 3.14. The van der Waals surface area contributed by atoms with Crippen molar-refractivity contribution in [3.05, 3.63) is 58.4 Å². The van der Waals surface area contributed by atoms with Gasteiger partial charge in [-0.15, -0.1) is 0 Å². The van der Waals surface area contributed by atoms with Gasteiger partial charge in [0.25, 0.3) is 0 Å². The molecule has 27 heavy (non-hydrogen) atoms. The van der Waals surface area contributed by atoms with E-state index in [9.17, 15) is 5.21 Å². The lowest BCUT2D eigenvalue weighted by Crippen LogP contribution is -2.30. The highest BCUT2D eigenvalue weighted by Crippen LogP contribution is 2.39. The van der Waals surface area contributed by atoms with Gasteiger partial charge in [-0.05, 0) is 65.5 Å². The van der Waals surface area contributed by atoms with Crippen LogP contribution in [0.4, 0.5) is 0 Å². The highest BCUT2D eigenvalue weighted by atomic mass is 16.5. The Balaban J connectivity index is 2.57. The van der Waals surface area contributed by atoms with Crippen LogP contribution in [0.3, 0.4) is 0 Å². The minimum atomic E-state index is -0.0748. The van der Waals surface area contributed by atoms with Crippen LogP contribution in [0.1, 0.15) is 120 Å². The van der Waals surface area contributed by atoms with Crippen molar-refractivity contribution in [2.24, 2.45) is 0 Å². The van der Waals surface area contributed by atoms with Crippen LogP contribution in [0, 0.1) is 0 Å². The lowest BCUT2D eigenvalue weighted by Gasteiger charge is -2.34. The summed E-state index contributed by atoms with van der Waals surface area (Å²) in [5.41, 5.74) is 6.45. The first-order chi connectivity index (χ1) is 12.7. The van der Waals surface area contributed by atoms with Crippen LogP contribution >= 0.6 is 0 Å². The summed E-state index contributed by atoms with van der Waals surface area (Å²) in [6.07, 6.45) is 2.77. The summed E-state index contributed by atoms with van der Waals surface area (Å²) in [5, 5.41) is 12.8. The first kappa shape index (κ1) is 21.7. The van der Waals surface area contributed by atoms with Gasteiger partial charge in [0, 0.05) is 11.9 Å². The molecule has 0 saturated carbocycles. The third kappa shape index (κ3) is 4.64. The van der Waals surface area contributed by atoms with Gasteiger partial charge in [-0.25, -0.2) is 0 Å². The first-order valence-electron chi connectivity index (χ1n) is 10.5. The van der Waals surface area contributed by atoms with Crippen molar-refractivity contribution < 1.29 is 5.21 Å². The van der Waals surface area contributed by atoms with Gasteiger partial charge in [0.15, 0.2) is 0 Å². The highest BCUT2D eigenvalue weighted by Gasteiger charge is 2.29. The van der Waals surface area contributed by atoms with Crippen molar-refractivity contribution in [2.75, 3.05) is 0 Å². The van der Waals surface area contributed by atoms with Gasteiger partial charge < -0.3 is 10.2 Å². The number of aromatic nitrogens is 1. The second kappa shape index (κ2) is 9.07. The van der Waals surface area contributed by atoms with Crippen LogP contribution in [0.5, 0.6) is 0 Å². The molecule has 0 saturated heterocycles. The summed E-state index contributed by atoms with van der Waals surface area (Å²) in [6.45, 7) is 17.8. The molecule has 0 spiro atoms. The van der Waals surface area contributed by atoms with E-state index in [0.29, 0.717) is 17.8 Å². The summed E-state index contributed by atoms with van der Waals surface area (Å²) in [4.78, 5) is 3.27. The molecule has 2 rings (SSSR count). The topological polar surface area (TPSA) is 39.3 Å². The third-order valence-electron chi connectivity index (χ3n) is 5.68. The van der Waals surface area contributed by atoms with Gasteiger partial charge in [-0.3, -0.25) is 0 Å². The largest absolute Gasteiger partial charge is 0.364 e. The number of H-pyrrole nitrogens is 1. The zero-order chi connectivity index (χ0) is 20.3. The van der Waals surface area contributed by atoms with Crippen LogP contribution in [0.2, 0.25) is 0 Å². The maximum atomic E-state index is 11.2. The molecule has 0 radical (unpaired) electrons. The molecule has 2 atom stereocenters. The van der Waals surface area contributed by atoms with Gasteiger partial charge in [0.2, 0.25) is 0 Å². The van der Waals surface area contributed by atoms with Crippen molar-refractivity contribution in [1.29, 1.82) is 0 Å². The number of rotatable bonds is 8. The van der Waals surface area contributed by atoms with Gasteiger partial charge >= 0.3 is 0 Å². The fourth-order valence-corrected chi connectivity index (χ4v) is 4.00. The van der Waals surface area contributed by atoms with Crippen LogP contribution in [0.25, 0.3) is 0 Å². The molecule has 1 unspecified atom stereocenters. The van der Waals surface area contributed by atoms with E-state index in [0.717, 1.165) is 12.1 Å². The van der Waals surface area contributed by atoms with Crippen LogP contribution in [0.15, 0.2) is 30.5 Å². The Kier molecular flexibility index (Phi) is 7.30. The molecule has 0 fully saturated rings. The Morgan fingerprint density at radius 2 is 1.48 bits per heavy atom. The number of aromatic amines is 1. The lowest BCUT2D eigenvalue weighted by molar-refractivity contribution is -0.162. The maximum Gasteiger partial charge on any atom is 0.0753 e. The van der Waals surface area contributed by atoms with E-state index in [1.807, 2.05) is 12.3 Å². The van der Waals surface area contributed by atoms with Gasteiger partial charge in [-0.2, -0.15) is 5.06 Å². The van der Waals surface area contributed by atoms with Crippen molar-refractivity contribution in [1.82, 2.24) is 10.0 Å². The Morgan fingerprint density at radius 1 is 0.926 bits per heavy atom. The van der Waals surface area contributed by atoms with Crippen molar-refractivity contribution >= 4 is 0 Å². The molecule has 150 valence electrons. The van der Waals surface area contributed by atoms with E-state index >= 15 is 0 Å². The minimum Gasteiger partial charge on any atom is -0.364 e. The summed E-state index contributed by atoms with van der Waals surface area (Å²) < 4.78 is 0. The van der Waals surface area contributed by atoms with E-state index in [2.05, 4.69) is 78.6 Å². The quantitative estimate of drug-likeness (QED) is 0.479. The normalized spacial score (nSPS) is 14.6. The molecule has 2 aromatic rings. The third-order valence-corrected chi connectivity index (χ3v) is 5.68. The number of hydrogen-bond donors (Lipinski definition) is 2. The molecule has 1 aromatic heterocycles. The molecule has 0 amide bonds. The van der Waals surface area contributed by atoms with Crippen molar-refractivity contribution in [3.63, 3.8) is 0 Å². The zero-order valence-corrected chi connectivity index (χ0v) is 18.4. The Hall–Kier alpha value is -1.58. The number of nitrogens with zero attached hydrogens (tertiary/aromatic N) is 1. The number of benzene rings is 1.